The number of nitrogens with two attached hydrogens (primary N) is 1. The van der Waals surface area contributed by atoms with Gasteiger partial charge in [0.25, 0.3) is 0 Å². The maximum atomic E-state index is 13.4. The van der Waals surface area contributed by atoms with E-state index in [-0.39, 0.29) is 5.82 Å². The van der Waals surface area contributed by atoms with Crippen LogP contribution in [0.1, 0.15) is 0 Å². The van der Waals surface area contributed by atoms with Gasteiger partial charge in [-0.15, -0.1) is 0 Å². The normalized spacial score (nSPS) is 10.0. The second kappa shape index (κ2) is 4.69. The molecule has 1 aromatic carbocycles. The average Bonchev–Trinajstić information content (AvgIpc) is 2.34. The highest BCUT2D eigenvalue weighted by atomic mass is 19.1. The minimum atomic E-state index is -0.343. The van der Waals surface area contributed by atoms with E-state index in [9.17, 15) is 4.39 Å². The zero-order chi connectivity index (χ0) is 12.3. The molecule has 2 rings (SSSR count). The summed E-state index contributed by atoms with van der Waals surface area (Å²) in [5.74, 6) is 0.630. The molecule has 0 saturated carbocycles. The number of ether oxygens (including phenoxy) is 1. The molecule has 0 saturated heterocycles. The summed E-state index contributed by atoms with van der Waals surface area (Å²) in [5.41, 5.74) is 6.42. The summed E-state index contributed by atoms with van der Waals surface area (Å²) in [6.45, 7) is 0. The minimum Gasteiger partial charge on any atom is -0.494 e. The topological polar surface area (TPSA) is 60.2 Å². The van der Waals surface area contributed by atoms with E-state index in [1.165, 1.54) is 19.4 Å². The van der Waals surface area contributed by atoms with Gasteiger partial charge in [-0.3, -0.25) is 0 Å². The van der Waals surface area contributed by atoms with Crippen molar-refractivity contribution in [2.24, 2.45) is 0 Å². The highest BCUT2D eigenvalue weighted by Gasteiger charge is 2.05. The van der Waals surface area contributed by atoms with Gasteiger partial charge in [-0.05, 0) is 12.1 Å². The van der Waals surface area contributed by atoms with Crippen molar-refractivity contribution in [1.29, 1.82) is 0 Å². The van der Waals surface area contributed by atoms with Crippen molar-refractivity contribution in [3.8, 4) is 5.75 Å². The number of methoxy groups -OCH3 is 1. The smallest absolute Gasteiger partial charge is 0.147 e. The minimum absolute atomic E-state index is 0.343. The first-order valence-corrected chi connectivity index (χ1v) is 5.02. The Balaban J connectivity index is 2.28. The molecule has 0 radical (unpaired) electrons. The summed E-state index contributed by atoms with van der Waals surface area (Å²) >= 11 is 0. The van der Waals surface area contributed by atoms with Crippen LogP contribution < -0.4 is 15.8 Å². The fourth-order valence-corrected chi connectivity index (χ4v) is 1.39. The Morgan fingerprint density at radius 3 is 2.82 bits per heavy atom. The van der Waals surface area contributed by atoms with Crippen LogP contribution in [0, 0.1) is 5.82 Å². The molecule has 0 aliphatic carbocycles. The number of rotatable bonds is 3. The first-order chi connectivity index (χ1) is 8.20. The number of nitrogens with zero attached hydrogens (tertiary/aromatic N) is 1. The Labute approximate surface area is 98.2 Å². The number of hydrogen-bond donors (Lipinski definition) is 2. The van der Waals surface area contributed by atoms with Gasteiger partial charge in [0.05, 0.1) is 24.7 Å². The van der Waals surface area contributed by atoms with E-state index in [0.29, 0.717) is 22.9 Å². The lowest BCUT2D eigenvalue weighted by Gasteiger charge is -2.09. The number of halogens is 1. The van der Waals surface area contributed by atoms with Crippen LogP contribution in [0.2, 0.25) is 0 Å². The lowest BCUT2D eigenvalue weighted by Crippen LogP contribution is -1.99. The van der Waals surface area contributed by atoms with Crippen LogP contribution in [0.3, 0.4) is 0 Å². The summed E-state index contributed by atoms with van der Waals surface area (Å²) in [5, 5.41) is 2.85. The molecule has 0 spiro atoms. The number of nitrogens with one attached hydrogen (secondary N) is 1. The van der Waals surface area contributed by atoms with Gasteiger partial charge in [0.15, 0.2) is 0 Å². The molecule has 0 aliphatic rings. The highest BCUT2D eigenvalue weighted by molar-refractivity contribution is 5.62. The molecule has 0 atom stereocenters. The summed E-state index contributed by atoms with van der Waals surface area (Å²) in [7, 11) is 1.51. The molecular weight excluding hydrogens is 221 g/mol. The Morgan fingerprint density at radius 1 is 1.35 bits per heavy atom. The van der Waals surface area contributed by atoms with Gasteiger partial charge >= 0.3 is 0 Å². The van der Waals surface area contributed by atoms with Crippen molar-refractivity contribution in [3.05, 3.63) is 42.3 Å². The van der Waals surface area contributed by atoms with Crippen LogP contribution >= 0.6 is 0 Å². The SMILES string of the molecule is COc1cc(Nc2ccccc2F)ncc1N. The zero-order valence-corrected chi connectivity index (χ0v) is 9.27. The fraction of sp³-hybridized carbons (Fsp3) is 0.0833. The second-order valence-corrected chi connectivity index (χ2v) is 3.42. The van der Waals surface area contributed by atoms with Gasteiger partial charge < -0.3 is 15.8 Å². The number of anilines is 3. The third kappa shape index (κ3) is 2.44. The van der Waals surface area contributed by atoms with Crippen LogP contribution in [-0.2, 0) is 0 Å². The standard InChI is InChI=1S/C12H12FN3O/c1-17-11-6-12(15-7-9(11)14)16-10-5-3-2-4-8(10)13/h2-7H,14H2,1H3,(H,15,16). The molecule has 0 aliphatic heterocycles. The van der Waals surface area contributed by atoms with Crippen LogP contribution in [0.25, 0.3) is 0 Å². The lowest BCUT2D eigenvalue weighted by molar-refractivity contribution is 0.417. The molecular formula is C12H12FN3O. The zero-order valence-electron chi connectivity index (χ0n) is 9.27. The number of para-hydroxylation sites is 1. The van der Waals surface area contributed by atoms with E-state index >= 15 is 0 Å². The Morgan fingerprint density at radius 2 is 2.12 bits per heavy atom. The van der Waals surface area contributed by atoms with Crippen molar-refractivity contribution in [2.75, 3.05) is 18.2 Å². The molecule has 17 heavy (non-hydrogen) atoms. The van der Waals surface area contributed by atoms with Gasteiger partial charge in [-0.1, -0.05) is 12.1 Å². The van der Waals surface area contributed by atoms with E-state index < -0.39 is 0 Å². The van der Waals surface area contributed by atoms with Gasteiger partial charge in [-0.2, -0.15) is 0 Å². The first kappa shape index (κ1) is 11.2. The Hall–Kier alpha value is -2.30. The first-order valence-electron chi connectivity index (χ1n) is 5.02. The van der Waals surface area contributed by atoms with Crippen molar-refractivity contribution in [1.82, 2.24) is 4.98 Å². The molecule has 0 bridgehead atoms. The number of hydrogen-bond acceptors (Lipinski definition) is 4. The summed E-state index contributed by atoms with van der Waals surface area (Å²) in [6, 6.07) is 7.97. The van der Waals surface area contributed by atoms with Crippen LogP contribution in [0.15, 0.2) is 36.5 Å². The molecule has 0 unspecified atom stereocenters. The average molecular weight is 233 g/mol. The quantitative estimate of drug-likeness (QED) is 0.855. The molecule has 1 aromatic heterocycles. The fourth-order valence-electron chi connectivity index (χ4n) is 1.39. The van der Waals surface area contributed by atoms with Gasteiger partial charge in [0, 0.05) is 6.07 Å². The molecule has 5 heteroatoms. The number of nitrogen functional groups attached to an aromatic ring is 1. The van der Waals surface area contributed by atoms with Crippen molar-refractivity contribution >= 4 is 17.2 Å². The summed E-state index contributed by atoms with van der Waals surface area (Å²) in [6.07, 6.45) is 1.46. The number of aromatic nitrogens is 1. The second-order valence-electron chi connectivity index (χ2n) is 3.42. The lowest BCUT2D eigenvalue weighted by atomic mass is 10.3. The van der Waals surface area contributed by atoms with E-state index in [2.05, 4.69) is 10.3 Å². The number of pyridine rings is 1. The van der Waals surface area contributed by atoms with E-state index in [4.69, 9.17) is 10.5 Å². The maximum Gasteiger partial charge on any atom is 0.147 e. The predicted octanol–water partition coefficient (Wildman–Crippen LogP) is 2.56. The monoisotopic (exact) mass is 233 g/mol. The van der Waals surface area contributed by atoms with Crippen molar-refractivity contribution < 1.29 is 9.13 Å². The van der Waals surface area contributed by atoms with Crippen LogP contribution in [-0.4, -0.2) is 12.1 Å². The van der Waals surface area contributed by atoms with Gasteiger partial charge in [0.2, 0.25) is 0 Å². The molecule has 2 aromatic rings. The molecule has 4 nitrogen and oxygen atoms in total. The predicted molar refractivity (Wildman–Crippen MR) is 64.9 cm³/mol. The molecule has 1 heterocycles. The van der Waals surface area contributed by atoms with E-state index in [1.54, 1.807) is 24.3 Å². The highest BCUT2D eigenvalue weighted by Crippen LogP contribution is 2.25. The van der Waals surface area contributed by atoms with Crippen molar-refractivity contribution in [3.63, 3.8) is 0 Å². The molecule has 3 N–H and O–H groups in total. The molecule has 0 amide bonds. The number of benzene rings is 1. The van der Waals surface area contributed by atoms with Crippen LogP contribution in [0.4, 0.5) is 21.6 Å². The van der Waals surface area contributed by atoms with Crippen LogP contribution in [0.5, 0.6) is 5.75 Å². The Bertz CT molecular complexity index is 531. The Kier molecular flexibility index (Phi) is 3.09. The third-order valence-electron chi connectivity index (χ3n) is 2.25. The van der Waals surface area contributed by atoms with E-state index in [1.807, 2.05) is 0 Å². The third-order valence-corrected chi connectivity index (χ3v) is 2.25. The van der Waals surface area contributed by atoms with Gasteiger partial charge in [-0.25, -0.2) is 9.37 Å². The summed E-state index contributed by atoms with van der Waals surface area (Å²) < 4.78 is 18.4. The maximum absolute atomic E-state index is 13.4. The molecule has 0 fully saturated rings. The largest absolute Gasteiger partial charge is 0.494 e. The van der Waals surface area contributed by atoms with E-state index in [0.717, 1.165) is 0 Å². The van der Waals surface area contributed by atoms with Gasteiger partial charge in [0.1, 0.15) is 17.4 Å². The summed E-state index contributed by atoms with van der Waals surface area (Å²) in [4.78, 5) is 4.04. The molecule has 88 valence electrons. The van der Waals surface area contributed by atoms with Crippen molar-refractivity contribution in [2.45, 2.75) is 0 Å².